The highest BCUT2D eigenvalue weighted by molar-refractivity contribution is 5.98. The van der Waals surface area contributed by atoms with E-state index in [0.717, 1.165) is 23.4 Å². The number of carbonyl (C=O) groups is 1. The van der Waals surface area contributed by atoms with Gasteiger partial charge in [0.25, 0.3) is 0 Å². The summed E-state index contributed by atoms with van der Waals surface area (Å²) in [4.78, 5) is 12.0. The third-order valence-corrected chi connectivity index (χ3v) is 3.32. The van der Waals surface area contributed by atoms with E-state index in [1.807, 2.05) is 31.5 Å². The minimum atomic E-state index is 0.0338. The molecule has 0 unspecified atom stereocenters. The molecule has 1 aromatic rings. The molecule has 0 N–H and O–H groups in total. The van der Waals surface area contributed by atoms with E-state index in [1.165, 1.54) is 0 Å². The van der Waals surface area contributed by atoms with Crippen LogP contribution in [0, 0.1) is 13.8 Å². The monoisotopic (exact) mass is 283 g/mol. The number of hydrogen-bond acceptors (Lipinski definition) is 4. The maximum absolute atomic E-state index is 12.0. The van der Waals surface area contributed by atoms with Gasteiger partial charge in [0.1, 0.15) is 6.61 Å². The average Bonchev–Trinajstić information content (AvgIpc) is 2.69. The molecule has 0 fully saturated rings. The Morgan fingerprint density at radius 2 is 1.85 bits per heavy atom. The third-order valence-electron chi connectivity index (χ3n) is 3.32. The number of ether oxygens (including phenoxy) is 3. The van der Waals surface area contributed by atoms with E-state index >= 15 is 0 Å². The van der Waals surface area contributed by atoms with Gasteiger partial charge in [-0.05, 0) is 26.3 Å². The van der Waals surface area contributed by atoms with E-state index in [1.54, 1.807) is 7.11 Å². The number of rotatable bonds is 10. The number of carbonyl (C=O) groups excluding carboxylic acids is 1. The number of aromatic nitrogens is 1. The normalized spacial score (nSPS) is 11.0. The van der Waals surface area contributed by atoms with Crippen molar-refractivity contribution in [3.8, 4) is 0 Å². The molecule has 0 saturated heterocycles. The van der Waals surface area contributed by atoms with Gasteiger partial charge in [0.05, 0.1) is 13.2 Å². The summed E-state index contributed by atoms with van der Waals surface area (Å²) >= 11 is 0. The van der Waals surface area contributed by atoms with Gasteiger partial charge in [-0.15, -0.1) is 0 Å². The number of Topliss-reactive ketones (excluding diaryl/α,β-unsaturated/α-hetero) is 1. The van der Waals surface area contributed by atoms with Gasteiger partial charge < -0.3 is 18.8 Å². The van der Waals surface area contributed by atoms with E-state index in [4.69, 9.17) is 14.2 Å². The second-order valence-electron chi connectivity index (χ2n) is 4.78. The van der Waals surface area contributed by atoms with Crippen molar-refractivity contribution in [3.05, 3.63) is 23.0 Å². The van der Waals surface area contributed by atoms with Crippen LogP contribution < -0.4 is 0 Å². The van der Waals surface area contributed by atoms with Gasteiger partial charge in [0, 0.05) is 44.3 Å². The average molecular weight is 283 g/mol. The molecule has 1 aromatic heterocycles. The Morgan fingerprint density at radius 3 is 2.45 bits per heavy atom. The second-order valence-corrected chi connectivity index (χ2v) is 4.78. The molecule has 1 heterocycles. The van der Waals surface area contributed by atoms with Crippen LogP contribution in [0.15, 0.2) is 6.07 Å². The molecule has 0 spiro atoms. The molecule has 20 heavy (non-hydrogen) atoms. The second kappa shape index (κ2) is 8.89. The first-order valence-electron chi connectivity index (χ1n) is 6.88. The van der Waals surface area contributed by atoms with Crippen LogP contribution in [-0.4, -0.2) is 50.5 Å². The summed E-state index contributed by atoms with van der Waals surface area (Å²) in [5.74, 6) is 0.0338. The summed E-state index contributed by atoms with van der Waals surface area (Å²) in [6.45, 7) is 6.42. The molecule has 0 aromatic carbocycles. The minimum absolute atomic E-state index is 0.0338. The summed E-state index contributed by atoms with van der Waals surface area (Å²) in [6.07, 6.45) is 0.782. The zero-order chi connectivity index (χ0) is 15.0. The van der Waals surface area contributed by atoms with Gasteiger partial charge in [-0.2, -0.15) is 0 Å². The predicted molar refractivity (Wildman–Crippen MR) is 77.3 cm³/mol. The molecular weight excluding hydrogens is 258 g/mol. The van der Waals surface area contributed by atoms with Crippen LogP contribution in [-0.2, 0) is 21.3 Å². The van der Waals surface area contributed by atoms with Gasteiger partial charge in [-0.1, -0.05) is 0 Å². The molecule has 0 aliphatic heterocycles. The lowest BCUT2D eigenvalue weighted by molar-refractivity contribution is 0.0488. The fourth-order valence-corrected chi connectivity index (χ4v) is 1.89. The molecule has 0 aliphatic carbocycles. The standard InChI is InChI=1S/C15H25NO4/c1-12-10-14(13(2)16(12)3)15(17)11-20-7-5-6-19-9-8-18-4/h10H,5-9,11H2,1-4H3. The predicted octanol–water partition coefficient (Wildman–Crippen LogP) is 1.89. The zero-order valence-electron chi connectivity index (χ0n) is 12.9. The van der Waals surface area contributed by atoms with E-state index in [9.17, 15) is 4.79 Å². The van der Waals surface area contributed by atoms with Gasteiger partial charge >= 0.3 is 0 Å². The van der Waals surface area contributed by atoms with Gasteiger partial charge in [-0.3, -0.25) is 4.79 Å². The first-order valence-corrected chi connectivity index (χ1v) is 6.88. The number of hydrogen-bond donors (Lipinski definition) is 0. The lowest BCUT2D eigenvalue weighted by atomic mass is 10.1. The Morgan fingerprint density at radius 1 is 1.15 bits per heavy atom. The van der Waals surface area contributed by atoms with E-state index in [2.05, 4.69) is 0 Å². The molecule has 114 valence electrons. The Balaban J connectivity index is 2.19. The fraction of sp³-hybridized carbons (Fsp3) is 0.667. The fourth-order valence-electron chi connectivity index (χ4n) is 1.89. The number of ketones is 1. The van der Waals surface area contributed by atoms with Crippen LogP contribution >= 0.6 is 0 Å². The van der Waals surface area contributed by atoms with Crippen LogP contribution in [0.2, 0.25) is 0 Å². The van der Waals surface area contributed by atoms with Crippen LogP contribution in [0.5, 0.6) is 0 Å². The van der Waals surface area contributed by atoms with Crippen molar-refractivity contribution >= 4 is 5.78 Å². The Labute approximate surface area is 120 Å². The SMILES string of the molecule is COCCOCCCOCC(=O)c1cc(C)n(C)c1C. The molecule has 0 radical (unpaired) electrons. The smallest absolute Gasteiger partial charge is 0.190 e. The minimum Gasteiger partial charge on any atom is -0.382 e. The maximum Gasteiger partial charge on any atom is 0.190 e. The topological polar surface area (TPSA) is 49.7 Å². The largest absolute Gasteiger partial charge is 0.382 e. The number of methoxy groups -OCH3 is 1. The molecule has 0 atom stereocenters. The first-order chi connectivity index (χ1) is 9.57. The first kappa shape index (κ1) is 16.9. The van der Waals surface area contributed by atoms with Crippen LogP contribution in [0.1, 0.15) is 28.2 Å². The van der Waals surface area contributed by atoms with Gasteiger partial charge in [0.2, 0.25) is 0 Å². The highest BCUT2D eigenvalue weighted by atomic mass is 16.5. The summed E-state index contributed by atoms with van der Waals surface area (Å²) < 4.78 is 17.6. The lowest BCUT2D eigenvalue weighted by Crippen LogP contribution is -2.12. The van der Waals surface area contributed by atoms with Crippen LogP contribution in [0.25, 0.3) is 0 Å². The van der Waals surface area contributed by atoms with Gasteiger partial charge in [0.15, 0.2) is 5.78 Å². The molecule has 1 rings (SSSR count). The van der Waals surface area contributed by atoms with Crippen molar-refractivity contribution in [2.75, 3.05) is 40.1 Å². The van der Waals surface area contributed by atoms with E-state index < -0.39 is 0 Å². The quantitative estimate of drug-likeness (QED) is 0.486. The zero-order valence-corrected chi connectivity index (χ0v) is 12.9. The molecule has 0 aliphatic rings. The van der Waals surface area contributed by atoms with Crippen molar-refractivity contribution in [2.24, 2.45) is 7.05 Å². The maximum atomic E-state index is 12.0. The van der Waals surface area contributed by atoms with Gasteiger partial charge in [-0.25, -0.2) is 0 Å². The van der Waals surface area contributed by atoms with Crippen molar-refractivity contribution in [1.82, 2.24) is 4.57 Å². The van der Waals surface area contributed by atoms with Crippen molar-refractivity contribution < 1.29 is 19.0 Å². The summed E-state index contributed by atoms with van der Waals surface area (Å²) in [5, 5.41) is 0. The molecule has 5 nitrogen and oxygen atoms in total. The van der Waals surface area contributed by atoms with E-state index in [0.29, 0.717) is 26.4 Å². The van der Waals surface area contributed by atoms with E-state index in [-0.39, 0.29) is 12.4 Å². The summed E-state index contributed by atoms with van der Waals surface area (Å²) in [7, 11) is 3.60. The highest BCUT2D eigenvalue weighted by Gasteiger charge is 2.13. The molecule has 0 amide bonds. The highest BCUT2D eigenvalue weighted by Crippen LogP contribution is 2.13. The molecule has 0 bridgehead atoms. The summed E-state index contributed by atoms with van der Waals surface area (Å²) in [6, 6.07) is 1.91. The number of nitrogens with zero attached hydrogens (tertiary/aromatic N) is 1. The molecule has 0 saturated carbocycles. The van der Waals surface area contributed by atoms with Crippen molar-refractivity contribution in [2.45, 2.75) is 20.3 Å². The van der Waals surface area contributed by atoms with Crippen LogP contribution in [0.3, 0.4) is 0 Å². The number of aryl methyl sites for hydroxylation is 1. The Hall–Kier alpha value is -1.17. The van der Waals surface area contributed by atoms with Crippen molar-refractivity contribution in [1.29, 1.82) is 0 Å². The Bertz CT molecular complexity index is 426. The Kier molecular flexibility index (Phi) is 7.51. The van der Waals surface area contributed by atoms with Crippen molar-refractivity contribution in [3.63, 3.8) is 0 Å². The summed E-state index contributed by atoms with van der Waals surface area (Å²) in [5.41, 5.74) is 2.82. The van der Waals surface area contributed by atoms with Crippen LogP contribution in [0.4, 0.5) is 0 Å². The molecule has 5 heteroatoms. The third kappa shape index (κ3) is 5.07. The lowest BCUT2D eigenvalue weighted by Gasteiger charge is -2.05. The molecular formula is C15H25NO4.